The molecule has 1 aromatic rings. The molecule has 0 fully saturated rings. The Balaban J connectivity index is 2.22. The molecule has 1 unspecified atom stereocenters. The van der Waals surface area contributed by atoms with Gasteiger partial charge < -0.3 is 14.8 Å². The van der Waals surface area contributed by atoms with Gasteiger partial charge in [-0.05, 0) is 40.7 Å². The van der Waals surface area contributed by atoms with Crippen molar-refractivity contribution in [2.45, 2.75) is 58.3 Å². The number of fused-ring (bicyclic) bond motifs is 1. The van der Waals surface area contributed by atoms with E-state index in [4.69, 9.17) is 9.47 Å². The number of alkyl carbamates (subject to hydrolysis) is 1. The first-order chi connectivity index (χ1) is 9.56. The van der Waals surface area contributed by atoms with Gasteiger partial charge in [-0.1, -0.05) is 6.07 Å². The molecule has 1 atom stereocenters. The second-order valence-electron chi connectivity index (χ2n) is 6.95. The summed E-state index contributed by atoms with van der Waals surface area (Å²) >= 11 is 0. The lowest BCUT2D eigenvalue weighted by Crippen LogP contribution is -2.42. The standard InChI is InChI=1S/C16H22FNO3/c1-15(2,3)21-14(19)18-12-9-16(4,5)20-13-8-10(17)6-7-11(12)13/h6-8,12H,9H2,1-5H3,(H,18,19). The van der Waals surface area contributed by atoms with Crippen LogP contribution in [-0.4, -0.2) is 17.3 Å². The minimum atomic E-state index is -0.559. The van der Waals surface area contributed by atoms with E-state index in [9.17, 15) is 9.18 Å². The van der Waals surface area contributed by atoms with E-state index in [2.05, 4.69) is 5.32 Å². The molecule has 1 amide bonds. The Kier molecular flexibility index (Phi) is 3.87. The molecule has 0 radical (unpaired) electrons. The molecule has 0 aliphatic carbocycles. The Labute approximate surface area is 124 Å². The molecular weight excluding hydrogens is 273 g/mol. The van der Waals surface area contributed by atoms with Gasteiger partial charge in [0.25, 0.3) is 0 Å². The topological polar surface area (TPSA) is 47.6 Å². The Morgan fingerprint density at radius 3 is 2.71 bits per heavy atom. The van der Waals surface area contributed by atoms with Crippen LogP contribution >= 0.6 is 0 Å². The summed E-state index contributed by atoms with van der Waals surface area (Å²) in [6.07, 6.45) is 0.102. The SMILES string of the molecule is CC(C)(C)OC(=O)NC1CC(C)(C)Oc2cc(F)ccc21. The van der Waals surface area contributed by atoms with Crippen LogP contribution in [0.4, 0.5) is 9.18 Å². The number of carbonyl (C=O) groups is 1. The van der Waals surface area contributed by atoms with Crippen LogP contribution in [0.1, 0.15) is 52.6 Å². The quantitative estimate of drug-likeness (QED) is 0.853. The molecule has 116 valence electrons. The van der Waals surface area contributed by atoms with Gasteiger partial charge in [0.05, 0.1) is 6.04 Å². The summed E-state index contributed by atoms with van der Waals surface area (Å²) < 4.78 is 24.4. The number of benzene rings is 1. The van der Waals surface area contributed by atoms with E-state index in [0.717, 1.165) is 5.56 Å². The zero-order valence-electron chi connectivity index (χ0n) is 13.1. The Morgan fingerprint density at radius 2 is 2.10 bits per heavy atom. The van der Waals surface area contributed by atoms with Crippen LogP contribution in [-0.2, 0) is 4.74 Å². The van der Waals surface area contributed by atoms with E-state index in [1.807, 2.05) is 34.6 Å². The summed E-state index contributed by atoms with van der Waals surface area (Å²) in [4.78, 5) is 12.0. The van der Waals surface area contributed by atoms with Crippen molar-refractivity contribution < 1.29 is 18.7 Å². The van der Waals surface area contributed by atoms with E-state index >= 15 is 0 Å². The molecule has 5 heteroatoms. The summed E-state index contributed by atoms with van der Waals surface area (Å²) in [5.41, 5.74) is -0.279. The smallest absolute Gasteiger partial charge is 0.408 e. The van der Waals surface area contributed by atoms with Crippen molar-refractivity contribution in [1.29, 1.82) is 0 Å². The molecule has 0 saturated carbocycles. The largest absolute Gasteiger partial charge is 0.487 e. The fraction of sp³-hybridized carbons (Fsp3) is 0.562. The summed E-state index contributed by atoms with van der Waals surface area (Å²) in [6, 6.07) is 4.09. The van der Waals surface area contributed by atoms with Gasteiger partial charge in [-0.15, -0.1) is 0 Å². The van der Waals surface area contributed by atoms with Crippen molar-refractivity contribution in [3.63, 3.8) is 0 Å². The van der Waals surface area contributed by atoms with Crippen LogP contribution in [0, 0.1) is 5.82 Å². The monoisotopic (exact) mass is 295 g/mol. The highest BCUT2D eigenvalue weighted by Crippen LogP contribution is 2.39. The van der Waals surface area contributed by atoms with Gasteiger partial charge in [0, 0.05) is 18.1 Å². The van der Waals surface area contributed by atoms with Crippen molar-refractivity contribution in [3.8, 4) is 5.75 Å². The molecule has 0 aromatic heterocycles. The van der Waals surface area contributed by atoms with E-state index in [1.165, 1.54) is 12.1 Å². The van der Waals surface area contributed by atoms with E-state index in [1.54, 1.807) is 6.07 Å². The predicted molar refractivity (Wildman–Crippen MR) is 77.8 cm³/mol. The molecule has 0 bridgehead atoms. The van der Waals surface area contributed by atoms with Crippen LogP contribution in [0.15, 0.2) is 18.2 Å². The highest BCUT2D eigenvalue weighted by Gasteiger charge is 2.35. The molecule has 0 spiro atoms. The predicted octanol–water partition coefficient (Wildman–Crippen LogP) is 3.95. The van der Waals surface area contributed by atoms with Gasteiger partial charge in [-0.25, -0.2) is 9.18 Å². The number of hydrogen-bond acceptors (Lipinski definition) is 3. The summed E-state index contributed by atoms with van der Waals surface area (Å²) in [5, 5.41) is 2.84. The molecule has 1 aliphatic heterocycles. The maximum atomic E-state index is 13.4. The fourth-order valence-corrected chi connectivity index (χ4v) is 2.40. The first-order valence-electron chi connectivity index (χ1n) is 7.04. The minimum absolute atomic E-state index is 0.265. The Morgan fingerprint density at radius 1 is 1.43 bits per heavy atom. The normalized spacial score (nSPS) is 20.2. The van der Waals surface area contributed by atoms with Crippen molar-refractivity contribution in [1.82, 2.24) is 5.32 Å². The maximum Gasteiger partial charge on any atom is 0.408 e. The lowest BCUT2D eigenvalue weighted by atomic mass is 9.90. The molecule has 0 saturated heterocycles. The van der Waals surface area contributed by atoms with Crippen LogP contribution < -0.4 is 10.1 Å². The van der Waals surface area contributed by atoms with Crippen molar-refractivity contribution in [2.75, 3.05) is 0 Å². The lowest BCUT2D eigenvalue weighted by Gasteiger charge is -2.38. The van der Waals surface area contributed by atoms with E-state index in [0.29, 0.717) is 12.2 Å². The van der Waals surface area contributed by atoms with Crippen LogP contribution in [0.5, 0.6) is 5.75 Å². The van der Waals surface area contributed by atoms with Gasteiger partial charge in [0.15, 0.2) is 0 Å². The molecule has 2 rings (SSSR count). The molecule has 1 aliphatic rings. The Bertz CT molecular complexity index is 549. The lowest BCUT2D eigenvalue weighted by molar-refractivity contribution is 0.0383. The zero-order chi connectivity index (χ0) is 15.8. The molecule has 21 heavy (non-hydrogen) atoms. The van der Waals surface area contributed by atoms with Crippen LogP contribution in [0.2, 0.25) is 0 Å². The second kappa shape index (κ2) is 5.20. The summed E-state index contributed by atoms with van der Waals surface area (Å²) in [7, 11) is 0. The third-order valence-electron chi connectivity index (χ3n) is 3.12. The van der Waals surface area contributed by atoms with Crippen LogP contribution in [0.3, 0.4) is 0 Å². The number of hydrogen-bond donors (Lipinski definition) is 1. The van der Waals surface area contributed by atoms with Gasteiger partial charge in [-0.3, -0.25) is 0 Å². The summed E-state index contributed by atoms with van der Waals surface area (Å²) in [5.74, 6) is 0.106. The average molecular weight is 295 g/mol. The number of carbonyl (C=O) groups excluding carboxylic acids is 1. The maximum absolute atomic E-state index is 13.4. The second-order valence-corrected chi connectivity index (χ2v) is 6.95. The highest BCUT2D eigenvalue weighted by molar-refractivity contribution is 5.68. The summed E-state index contributed by atoms with van der Waals surface area (Å²) in [6.45, 7) is 9.24. The fourth-order valence-electron chi connectivity index (χ4n) is 2.40. The van der Waals surface area contributed by atoms with Crippen LogP contribution in [0.25, 0.3) is 0 Å². The number of ether oxygens (including phenoxy) is 2. The van der Waals surface area contributed by atoms with Gasteiger partial charge in [0.2, 0.25) is 0 Å². The zero-order valence-corrected chi connectivity index (χ0v) is 13.1. The van der Waals surface area contributed by atoms with Crippen molar-refractivity contribution in [3.05, 3.63) is 29.6 Å². The van der Waals surface area contributed by atoms with Crippen molar-refractivity contribution >= 4 is 6.09 Å². The first kappa shape index (κ1) is 15.6. The molecular formula is C16H22FNO3. The average Bonchev–Trinajstić information content (AvgIpc) is 2.23. The number of halogens is 1. The molecule has 1 N–H and O–H groups in total. The van der Waals surface area contributed by atoms with E-state index in [-0.39, 0.29) is 11.9 Å². The molecule has 1 aromatic carbocycles. The number of nitrogens with one attached hydrogen (secondary N) is 1. The molecule has 1 heterocycles. The highest BCUT2D eigenvalue weighted by atomic mass is 19.1. The number of rotatable bonds is 1. The number of amides is 1. The van der Waals surface area contributed by atoms with E-state index < -0.39 is 17.3 Å². The first-order valence-corrected chi connectivity index (χ1v) is 7.04. The Hall–Kier alpha value is -1.78. The third-order valence-corrected chi connectivity index (χ3v) is 3.12. The van der Waals surface area contributed by atoms with Gasteiger partial charge in [-0.2, -0.15) is 0 Å². The third kappa shape index (κ3) is 4.09. The minimum Gasteiger partial charge on any atom is -0.487 e. The van der Waals surface area contributed by atoms with Gasteiger partial charge >= 0.3 is 6.09 Å². The molecule has 4 nitrogen and oxygen atoms in total. The van der Waals surface area contributed by atoms with Gasteiger partial charge in [0.1, 0.15) is 22.8 Å². The van der Waals surface area contributed by atoms with Crippen molar-refractivity contribution in [2.24, 2.45) is 0 Å².